The van der Waals surface area contributed by atoms with Gasteiger partial charge in [0.25, 0.3) is 0 Å². The zero-order valence-electron chi connectivity index (χ0n) is 11.4. The zero-order valence-corrected chi connectivity index (χ0v) is 11.4. The minimum atomic E-state index is -0.163. The van der Waals surface area contributed by atoms with Crippen molar-refractivity contribution in [2.75, 3.05) is 20.1 Å². The van der Waals surface area contributed by atoms with Crippen molar-refractivity contribution in [2.45, 2.75) is 38.3 Å². The van der Waals surface area contributed by atoms with Gasteiger partial charge in [0.05, 0.1) is 0 Å². The summed E-state index contributed by atoms with van der Waals surface area (Å²) >= 11 is 0. The Morgan fingerprint density at radius 3 is 2.61 bits per heavy atom. The molecular weight excluding hydrogens is 227 g/mol. The van der Waals surface area contributed by atoms with E-state index in [9.17, 15) is 4.39 Å². The smallest absolute Gasteiger partial charge is 0.123 e. The van der Waals surface area contributed by atoms with Crippen LogP contribution in [0.3, 0.4) is 0 Å². The first-order valence-electron chi connectivity index (χ1n) is 6.81. The Bertz CT molecular complexity index is 369. The molecule has 1 aliphatic heterocycles. The molecule has 1 aromatic rings. The van der Waals surface area contributed by atoms with Gasteiger partial charge < -0.3 is 10.2 Å². The second kappa shape index (κ2) is 5.81. The molecular formula is C15H23FN2. The van der Waals surface area contributed by atoms with Crippen LogP contribution in [0.2, 0.25) is 0 Å². The summed E-state index contributed by atoms with van der Waals surface area (Å²) in [7, 11) is 2.14. The van der Waals surface area contributed by atoms with Crippen LogP contribution < -0.4 is 5.32 Å². The lowest BCUT2D eigenvalue weighted by Crippen LogP contribution is -2.48. The van der Waals surface area contributed by atoms with Gasteiger partial charge in [-0.1, -0.05) is 19.1 Å². The highest BCUT2D eigenvalue weighted by Gasteiger charge is 2.32. The van der Waals surface area contributed by atoms with E-state index in [1.165, 1.54) is 37.0 Å². The number of hydrogen-bond donors (Lipinski definition) is 1. The first kappa shape index (κ1) is 13.5. The number of halogens is 1. The van der Waals surface area contributed by atoms with Crippen molar-refractivity contribution in [3.63, 3.8) is 0 Å². The number of nitrogens with one attached hydrogen (secondary N) is 1. The molecule has 2 nitrogen and oxygen atoms in total. The van der Waals surface area contributed by atoms with Crippen molar-refractivity contribution in [1.82, 2.24) is 10.2 Å². The van der Waals surface area contributed by atoms with E-state index in [2.05, 4.69) is 24.2 Å². The summed E-state index contributed by atoms with van der Waals surface area (Å²) in [4.78, 5) is 2.33. The third-order valence-corrected chi connectivity index (χ3v) is 3.95. The van der Waals surface area contributed by atoms with Gasteiger partial charge >= 0.3 is 0 Å². The molecule has 18 heavy (non-hydrogen) atoms. The summed E-state index contributed by atoms with van der Waals surface area (Å²) in [6, 6.07) is 6.80. The Morgan fingerprint density at radius 1 is 1.33 bits per heavy atom. The first-order valence-corrected chi connectivity index (χ1v) is 6.81. The molecule has 1 saturated heterocycles. The third-order valence-electron chi connectivity index (χ3n) is 3.95. The Hall–Kier alpha value is -0.930. The van der Waals surface area contributed by atoms with Crippen molar-refractivity contribution >= 4 is 0 Å². The molecule has 100 valence electrons. The lowest BCUT2D eigenvalue weighted by atomic mass is 9.93. The van der Waals surface area contributed by atoms with Crippen LogP contribution in [-0.2, 0) is 6.54 Å². The summed E-state index contributed by atoms with van der Waals surface area (Å²) in [6.07, 6.45) is 3.70. The molecule has 1 unspecified atom stereocenters. The highest BCUT2D eigenvalue weighted by Crippen LogP contribution is 2.24. The van der Waals surface area contributed by atoms with Crippen LogP contribution in [0.25, 0.3) is 0 Å². The fourth-order valence-corrected chi connectivity index (χ4v) is 2.89. The predicted octanol–water partition coefficient (Wildman–Crippen LogP) is 2.79. The van der Waals surface area contributed by atoms with Gasteiger partial charge in [0, 0.05) is 18.6 Å². The lowest BCUT2D eigenvalue weighted by molar-refractivity contribution is 0.214. The van der Waals surface area contributed by atoms with E-state index < -0.39 is 0 Å². The number of nitrogens with zero attached hydrogens (tertiary/aromatic N) is 1. The molecule has 1 atom stereocenters. The van der Waals surface area contributed by atoms with Crippen LogP contribution in [0.5, 0.6) is 0 Å². The van der Waals surface area contributed by atoms with Gasteiger partial charge in [-0.05, 0) is 50.6 Å². The Kier molecular flexibility index (Phi) is 4.36. The number of benzene rings is 1. The molecule has 0 bridgehead atoms. The molecule has 0 aromatic heterocycles. The van der Waals surface area contributed by atoms with Gasteiger partial charge in [-0.25, -0.2) is 4.39 Å². The van der Waals surface area contributed by atoms with E-state index in [-0.39, 0.29) is 11.4 Å². The van der Waals surface area contributed by atoms with Gasteiger partial charge in [-0.2, -0.15) is 0 Å². The van der Waals surface area contributed by atoms with E-state index >= 15 is 0 Å². The van der Waals surface area contributed by atoms with Gasteiger partial charge in [-0.3, -0.25) is 0 Å². The molecule has 0 saturated carbocycles. The standard InChI is InChI=1S/C15H23FN2/c1-3-15(9-4-10-17-15)12-18(2)11-13-5-7-14(16)8-6-13/h5-8,17H,3-4,9-12H2,1-2H3. The molecule has 1 aliphatic rings. The fourth-order valence-electron chi connectivity index (χ4n) is 2.89. The van der Waals surface area contributed by atoms with E-state index in [4.69, 9.17) is 0 Å². The molecule has 0 radical (unpaired) electrons. The SMILES string of the molecule is CCC1(CN(C)Cc2ccc(F)cc2)CCCN1. The van der Waals surface area contributed by atoms with Crippen LogP contribution >= 0.6 is 0 Å². The van der Waals surface area contributed by atoms with Crippen molar-refractivity contribution < 1.29 is 4.39 Å². The Labute approximate surface area is 109 Å². The quantitative estimate of drug-likeness (QED) is 0.864. The largest absolute Gasteiger partial charge is 0.310 e. The maximum atomic E-state index is 12.8. The highest BCUT2D eigenvalue weighted by atomic mass is 19.1. The molecule has 1 fully saturated rings. The fraction of sp³-hybridized carbons (Fsp3) is 0.600. The predicted molar refractivity (Wildman–Crippen MR) is 73.0 cm³/mol. The number of likely N-dealkylation sites (N-methyl/N-ethyl adjacent to an activating group) is 1. The van der Waals surface area contributed by atoms with Crippen LogP contribution in [0.15, 0.2) is 24.3 Å². The average Bonchev–Trinajstić information content (AvgIpc) is 2.81. The summed E-state index contributed by atoms with van der Waals surface area (Å²) < 4.78 is 12.8. The van der Waals surface area contributed by atoms with Crippen molar-refractivity contribution in [2.24, 2.45) is 0 Å². The van der Waals surface area contributed by atoms with Gasteiger partial charge in [0.1, 0.15) is 5.82 Å². The maximum absolute atomic E-state index is 12.8. The molecule has 0 aliphatic carbocycles. The van der Waals surface area contributed by atoms with Crippen molar-refractivity contribution in [1.29, 1.82) is 0 Å². The van der Waals surface area contributed by atoms with E-state index in [0.717, 1.165) is 19.6 Å². The topological polar surface area (TPSA) is 15.3 Å². The summed E-state index contributed by atoms with van der Waals surface area (Å²) in [5.74, 6) is -0.163. The molecule has 2 rings (SSSR count). The van der Waals surface area contributed by atoms with Crippen LogP contribution in [-0.4, -0.2) is 30.6 Å². The minimum Gasteiger partial charge on any atom is -0.310 e. The van der Waals surface area contributed by atoms with Crippen LogP contribution in [0, 0.1) is 5.82 Å². The summed E-state index contributed by atoms with van der Waals surface area (Å²) in [5.41, 5.74) is 1.46. The lowest BCUT2D eigenvalue weighted by Gasteiger charge is -2.33. The molecule has 1 aromatic carbocycles. The van der Waals surface area contributed by atoms with Crippen LogP contribution in [0.1, 0.15) is 31.7 Å². The average molecular weight is 250 g/mol. The highest BCUT2D eigenvalue weighted by molar-refractivity contribution is 5.16. The van der Waals surface area contributed by atoms with Crippen LogP contribution in [0.4, 0.5) is 4.39 Å². The van der Waals surface area contributed by atoms with Gasteiger partial charge in [0.2, 0.25) is 0 Å². The number of rotatable bonds is 5. The third kappa shape index (κ3) is 3.30. The number of hydrogen-bond acceptors (Lipinski definition) is 2. The second-order valence-corrected chi connectivity index (χ2v) is 5.46. The van der Waals surface area contributed by atoms with Crippen molar-refractivity contribution in [3.05, 3.63) is 35.6 Å². The molecule has 1 heterocycles. The normalized spacial score (nSPS) is 23.8. The van der Waals surface area contributed by atoms with Gasteiger partial charge in [0.15, 0.2) is 0 Å². The zero-order chi connectivity index (χ0) is 13.0. The molecule has 3 heteroatoms. The van der Waals surface area contributed by atoms with E-state index in [1.54, 1.807) is 0 Å². The van der Waals surface area contributed by atoms with E-state index in [0.29, 0.717) is 0 Å². The summed E-state index contributed by atoms with van der Waals surface area (Å²) in [5, 5.41) is 3.64. The molecule has 0 amide bonds. The monoisotopic (exact) mass is 250 g/mol. The first-order chi connectivity index (χ1) is 8.63. The Balaban J connectivity index is 1.91. The summed E-state index contributed by atoms with van der Waals surface area (Å²) in [6.45, 7) is 5.33. The molecule has 1 N–H and O–H groups in total. The van der Waals surface area contributed by atoms with E-state index in [1.807, 2.05) is 12.1 Å². The maximum Gasteiger partial charge on any atom is 0.123 e. The second-order valence-electron chi connectivity index (χ2n) is 5.46. The van der Waals surface area contributed by atoms with Crippen molar-refractivity contribution in [3.8, 4) is 0 Å². The van der Waals surface area contributed by atoms with Gasteiger partial charge in [-0.15, -0.1) is 0 Å². The minimum absolute atomic E-state index is 0.163. The Morgan fingerprint density at radius 2 is 2.06 bits per heavy atom. The molecule has 0 spiro atoms.